The molecule has 0 saturated heterocycles. The number of rotatable bonds is 8. The van der Waals surface area contributed by atoms with Crippen LogP contribution in [-0.2, 0) is 17.6 Å². The molecule has 5 heteroatoms. The number of carbonyl (C=O) groups excluding carboxylic acids is 1. The Hall–Kier alpha value is -2.43. The first-order valence-corrected chi connectivity index (χ1v) is 9.42. The number of hydrogen-bond donors (Lipinski definition) is 2. The average molecular weight is 355 g/mol. The molecule has 0 spiro atoms. The first-order chi connectivity index (χ1) is 12.4. The number of phenols is 1. The Labute approximate surface area is 155 Å². The third kappa shape index (κ3) is 5.28. The number of nitrogens with zero attached hydrogens (tertiary/aromatic N) is 2. The first-order valence-electron chi connectivity index (χ1n) is 9.42. The maximum absolute atomic E-state index is 12.1. The minimum atomic E-state index is -0.0318. The minimum Gasteiger partial charge on any atom is -0.508 e. The topological polar surface area (TPSA) is 75.1 Å². The molecule has 0 atom stereocenters. The fourth-order valence-electron chi connectivity index (χ4n) is 2.93. The number of aromatic nitrogens is 2. The van der Waals surface area contributed by atoms with Crippen LogP contribution in [0, 0.1) is 5.92 Å². The van der Waals surface area contributed by atoms with Gasteiger partial charge in [-0.25, -0.2) is 9.97 Å². The fraction of sp³-hybridized carbons (Fsp3) is 0.476. The summed E-state index contributed by atoms with van der Waals surface area (Å²) in [5, 5.41) is 12.7. The van der Waals surface area contributed by atoms with Crippen LogP contribution in [0.1, 0.15) is 58.2 Å². The van der Waals surface area contributed by atoms with Crippen molar-refractivity contribution < 1.29 is 9.90 Å². The van der Waals surface area contributed by atoms with Gasteiger partial charge in [0.25, 0.3) is 0 Å². The van der Waals surface area contributed by atoms with Crippen LogP contribution < -0.4 is 5.32 Å². The first kappa shape index (κ1) is 19.9. The Kier molecular flexibility index (Phi) is 7.13. The van der Waals surface area contributed by atoms with Crippen molar-refractivity contribution in [3.8, 4) is 17.0 Å². The van der Waals surface area contributed by atoms with Gasteiger partial charge >= 0.3 is 0 Å². The summed E-state index contributed by atoms with van der Waals surface area (Å²) in [6.07, 6.45) is 5.68. The minimum absolute atomic E-state index is 0.0318. The molecule has 0 aliphatic rings. The summed E-state index contributed by atoms with van der Waals surface area (Å²) in [6.45, 7) is 8.22. The molecule has 0 bridgehead atoms. The molecular weight excluding hydrogens is 326 g/mol. The molecule has 140 valence electrons. The number of carbonyl (C=O) groups is 1. The van der Waals surface area contributed by atoms with Crippen LogP contribution in [0.5, 0.6) is 5.75 Å². The number of anilines is 1. The second kappa shape index (κ2) is 9.32. The second-order valence-electron chi connectivity index (χ2n) is 7.04. The van der Waals surface area contributed by atoms with Gasteiger partial charge in [0.15, 0.2) is 5.82 Å². The second-order valence-corrected chi connectivity index (χ2v) is 7.04. The Morgan fingerprint density at radius 3 is 2.58 bits per heavy atom. The highest BCUT2D eigenvalue weighted by Gasteiger charge is 2.14. The smallest absolute Gasteiger partial charge is 0.225 e. The predicted octanol–water partition coefficient (Wildman–Crippen LogP) is 4.74. The summed E-state index contributed by atoms with van der Waals surface area (Å²) in [6, 6.07) is 5.35. The third-order valence-electron chi connectivity index (χ3n) is 4.07. The highest BCUT2D eigenvalue weighted by atomic mass is 16.3. The van der Waals surface area contributed by atoms with E-state index in [1.165, 1.54) is 0 Å². The van der Waals surface area contributed by atoms with Gasteiger partial charge in [-0.05, 0) is 42.5 Å². The molecule has 0 unspecified atom stereocenters. The van der Waals surface area contributed by atoms with E-state index in [2.05, 4.69) is 24.1 Å². The molecule has 5 nitrogen and oxygen atoms in total. The molecular formula is C21H29N3O2. The fourth-order valence-corrected chi connectivity index (χ4v) is 2.93. The maximum Gasteiger partial charge on any atom is 0.225 e. The number of amides is 1. The Bertz CT molecular complexity index is 757. The molecule has 1 heterocycles. The molecule has 0 fully saturated rings. The van der Waals surface area contributed by atoms with Crippen molar-refractivity contribution >= 4 is 11.7 Å². The van der Waals surface area contributed by atoms with Crippen molar-refractivity contribution in [2.45, 2.75) is 59.8 Å². The number of aryl methyl sites for hydroxylation is 2. The van der Waals surface area contributed by atoms with Crippen LogP contribution in [0.25, 0.3) is 11.3 Å². The molecule has 0 saturated carbocycles. The normalized spacial score (nSPS) is 11.0. The van der Waals surface area contributed by atoms with Gasteiger partial charge in [0, 0.05) is 12.0 Å². The van der Waals surface area contributed by atoms with E-state index >= 15 is 0 Å². The lowest BCUT2D eigenvalue weighted by atomic mass is 10.0. The lowest BCUT2D eigenvalue weighted by Crippen LogP contribution is -2.17. The zero-order chi connectivity index (χ0) is 19.1. The number of benzene rings is 1. The van der Waals surface area contributed by atoms with Gasteiger partial charge in [-0.2, -0.15) is 0 Å². The van der Waals surface area contributed by atoms with E-state index < -0.39 is 0 Å². The molecule has 1 amide bonds. The van der Waals surface area contributed by atoms with E-state index in [0.717, 1.165) is 48.2 Å². The molecule has 2 N–H and O–H groups in total. The van der Waals surface area contributed by atoms with Gasteiger partial charge < -0.3 is 10.4 Å². The molecule has 1 aromatic heterocycles. The quantitative estimate of drug-likeness (QED) is 0.717. The summed E-state index contributed by atoms with van der Waals surface area (Å²) in [7, 11) is 0. The zero-order valence-electron chi connectivity index (χ0n) is 16.2. The summed E-state index contributed by atoms with van der Waals surface area (Å²) in [4.78, 5) is 21.4. The lowest BCUT2D eigenvalue weighted by molar-refractivity contribution is -0.116. The third-order valence-corrected chi connectivity index (χ3v) is 4.07. The van der Waals surface area contributed by atoms with E-state index in [9.17, 15) is 9.90 Å². The standard InChI is InChI=1S/C21H29N3O2/c1-5-7-15-12-16(25)9-10-17(15)19-13-22-21(18(23-19)8-6-2)24-20(26)11-14(3)4/h9-10,12-14,25H,5-8,11H2,1-4H3,(H,22,24,26). The van der Waals surface area contributed by atoms with Gasteiger partial charge in [0.1, 0.15) is 5.75 Å². The summed E-state index contributed by atoms with van der Waals surface area (Å²) >= 11 is 0. The van der Waals surface area contributed by atoms with Gasteiger partial charge in [-0.1, -0.05) is 40.5 Å². The largest absolute Gasteiger partial charge is 0.508 e. The number of hydrogen-bond acceptors (Lipinski definition) is 4. The van der Waals surface area contributed by atoms with Crippen LogP contribution in [0.4, 0.5) is 5.82 Å². The van der Waals surface area contributed by atoms with Crippen molar-refractivity contribution in [2.24, 2.45) is 5.92 Å². The van der Waals surface area contributed by atoms with E-state index in [1.54, 1.807) is 18.3 Å². The highest BCUT2D eigenvalue weighted by Crippen LogP contribution is 2.28. The lowest BCUT2D eigenvalue weighted by Gasteiger charge is -2.13. The van der Waals surface area contributed by atoms with Crippen molar-refractivity contribution in [3.05, 3.63) is 35.7 Å². The van der Waals surface area contributed by atoms with Crippen molar-refractivity contribution in [1.82, 2.24) is 9.97 Å². The molecule has 26 heavy (non-hydrogen) atoms. The average Bonchev–Trinajstić information content (AvgIpc) is 2.56. The number of aromatic hydroxyl groups is 1. The van der Waals surface area contributed by atoms with Gasteiger partial charge in [-0.3, -0.25) is 4.79 Å². The van der Waals surface area contributed by atoms with Gasteiger partial charge in [-0.15, -0.1) is 0 Å². The van der Waals surface area contributed by atoms with Crippen molar-refractivity contribution in [1.29, 1.82) is 0 Å². The molecule has 1 aromatic carbocycles. The van der Waals surface area contributed by atoms with Crippen LogP contribution in [0.3, 0.4) is 0 Å². The Balaban J connectivity index is 2.37. The van der Waals surface area contributed by atoms with Crippen LogP contribution in [0.2, 0.25) is 0 Å². The molecule has 0 radical (unpaired) electrons. The van der Waals surface area contributed by atoms with Crippen LogP contribution in [-0.4, -0.2) is 21.0 Å². The van der Waals surface area contributed by atoms with Gasteiger partial charge in [0.05, 0.1) is 17.6 Å². The van der Waals surface area contributed by atoms with E-state index in [4.69, 9.17) is 4.98 Å². The SMILES string of the molecule is CCCc1cc(O)ccc1-c1cnc(NC(=O)CC(C)C)c(CCC)n1. The summed E-state index contributed by atoms with van der Waals surface area (Å²) in [5.74, 6) is 1.08. The summed E-state index contributed by atoms with van der Waals surface area (Å²) < 4.78 is 0. The molecule has 2 aromatic rings. The van der Waals surface area contributed by atoms with Crippen molar-refractivity contribution in [3.63, 3.8) is 0 Å². The predicted molar refractivity (Wildman–Crippen MR) is 105 cm³/mol. The zero-order valence-corrected chi connectivity index (χ0v) is 16.2. The van der Waals surface area contributed by atoms with Crippen LogP contribution >= 0.6 is 0 Å². The monoisotopic (exact) mass is 355 g/mol. The van der Waals surface area contributed by atoms with E-state index in [0.29, 0.717) is 18.2 Å². The molecule has 0 aliphatic carbocycles. The Morgan fingerprint density at radius 1 is 1.19 bits per heavy atom. The van der Waals surface area contributed by atoms with E-state index in [1.807, 2.05) is 19.9 Å². The van der Waals surface area contributed by atoms with Crippen LogP contribution in [0.15, 0.2) is 24.4 Å². The number of nitrogens with one attached hydrogen (secondary N) is 1. The Morgan fingerprint density at radius 2 is 1.92 bits per heavy atom. The van der Waals surface area contributed by atoms with Gasteiger partial charge in [0.2, 0.25) is 5.91 Å². The summed E-state index contributed by atoms with van der Waals surface area (Å²) in [5.41, 5.74) is 3.62. The van der Waals surface area contributed by atoms with E-state index in [-0.39, 0.29) is 11.7 Å². The molecule has 0 aliphatic heterocycles. The molecule has 2 rings (SSSR count). The highest BCUT2D eigenvalue weighted by molar-refractivity contribution is 5.90. The number of phenolic OH excluding ortho intramolecular Hbond substituents is 1. The maximum atomic E-state index is 12.1. The van der Waals surface area contributed by atoms with Crippen molar-refractivity contribution in [2.75, 3.05) is 5.32 Å².